The van der Waals surface area contributed by atoms with E-state index in [-0.39, 0.29) is 30.1 Å². The van der Waals surface area contributed by atoms with Crippen molar-refractivity contribution < 1.29 is 14.6 Å². The molecule has 0 spiro atoms. The maximum absolute atomic E-state index is 12.0. The van der Waals surface area contributed by atoms with E-state index in [2.05, 4.69) is 24.5 Å². The number of ether oxygens (including phenoxy) is 1. The van der Waals surface area contributed by atoms with Crippen LogP contribution in [0.4, 0.5) is 4.79 Å². The lowest BCUT2D eigenvalue weighted by Gasteiger charge is -2.54. The van der Waals surface area contributed by atoms with Crippen LogP contribution in [-0.2, 0) is 4.74 Å². The Labute approximate surface area is 128 Å². The van der Waals surface area contributed by atoms with Crippen molar-refractivity contribution in [2.75, 3.05) is 13.2 Å². The lowest BCUT2D eigenvalue weighted by atomic mass is 9.57. The lowest BCUT2D eigenvalue weighted by molar-refractivity contribution is -0.108. The van der Waals surface area contributed by atoms with E-state index in [0.717, 1.165) is 18.6 Å². The molecule has 1 saturated carbocycles. The average molecular weight is 310 g/mol. The first-order valence-corrected chi connectivity index (χ1v) is 8.30. The quantitative estimate of drug-likeness (QED) is 0.795. The second-order valence-electron chi connectivity index (χ2n) is 6.47. The Morgan fingerprint density at radius 3 is 3.14 bits per heavy atom. The minimum atomic E-state index is -0.654. The number of rotatable bonds is 4. The summed E-state index contributed by atoms with van der Waals surface area (Å²) in [6.07, 6.45) is 0.620. The number of fused-ring (bicyclic) bond motifs is 1. The molecule has 2 aliphatic rings. The van der Waals surface area contributed by atoms with Gasteiger partial charge >= 0.3 is 6.03 Å². The molecule has 1 aliphatic heterocycles. The van der Waals surface area contributed by atoms with Crippen molar-refractivity contribution in [3.8, 4) is 0 Å². The van der Waals surface area contributed by atoms with E-state index >= 15 is 0 Å². The normalized spacial score (nSPS) is 31.1. The average Bonchev–Trinajstić information content (AvgIpc) is 3.11. The van der Waals surface area contributed by atoms with Gasteiger partial charge in [0.2, 0.25) is 0 Å². The molecular formula is C15H22N2O3S. The van der Waals surface area contributed by atoms with Gasteiger partial charge in [-0.15, -0.1) is 0 Å². The van der Waals surface area contributed by atoms with E-state index in [9.17, 15) is 9.90 Å². The highest BCUT2D eigenvalue weighted by Gasteiger charge is 2.59. The highest BCUT2D eigenvalue weighted by atomic mass is 32.1. The maximum atomic E-state index is 12.0. The number of thiophene rings is 1. The van der Waals surface area contributed by atoms with Crippen molar-refractivity contribution in [1.29, 1.82) is 0 Å². The van der Waals surface area contributed by atoms with E-state index in [1.165, 1.54) is 11.3 Å². The zero-order valence-electron chi connectivity index (χ0n) is 12.3. The molecule has 6 heteroatoms. The second kappa shape index (κ2) is 5.59. The van der Waals surface area contributed by atoms with Gasteiger partial charge in [-0.25, -0.2) is 4.79 Å². The molecule has 2 heterocycles. The van der Waals surface area contributed by atoms with Crippen molar-refractivity contribution in [3.05, 3.63) is 22.4 Å². The Kier molecular flexibility index (Phi) is 3.94. The van der Waals surface area contributed by atoms with Gasteiger partial charge < -0.3 is 20.5 Å². The van der Waals surface area contributed by atoms with Gasteiger partial charge in [-0.1, -0.05) is 13.8 Å². The van der Waals surface area contributed by atoms with E-state index in [1.54, 1.807) is 0 Å². The molecule has 2 fully saturated rings. The highest BCUT2D eigenvalue weighted by molar-refractivity contribution is 7.07. The summed E-state index contributed by atoms with van der Waals surface area (Å²) in [5.74, 6) is 0.424. The summed E-state index contributed by atoms with van der Waals surface area (Å²) in [5, 5.41) is 19.6. The molecule has 2 amide bonds. The fourth-order valence-electron chi connectivity index (χ4n) is 3.58. The van der Waals surface area contributed by atoms with Gasteiger partial charge in [0, 0.05) is 30.5 Å². The van der Waals surface area contributed by atoms with Crippen molar-refractivity contribution >= 4 is 17.4 Å². The zero-order valence-corrected chi connectivity index (χ0v) is 13.2. The minimum absolute atomic E-state index is 0.0233. The molecule has 4 atom stereocenters. The molecule has 21 heavy (non-hydrogen) atoms. The van der Waals surface area contributed by atoms with Crippen LogP contribution in [0.15, 0.2) is 16.8 Å². The van der Waals surface area contributed by atoms with Gasteiger partial charge in [0.05, 0.1) is 12.2 Å². The van der Waals surface area contributed by atoms with Crippen LogP contribution in [0, 0.1) is 11.3 Å². The van der Waals surface area contributed by atoms with Crippen LogP contribution in [0.25, 0.3) is 0 Å². The topological polar surface area (TPSA) is 70.6 Å². The Morgan fingerprint density at radius 1 is 1.62 bits per heavy atom. The molecule has 116 valence electrons. The number of aliphatic hydroxyl groups is 1. The number of hydrogen-bond donors (Lipinski definition) is 3. The molecule has 4 unspecified atom stereocenters. The Balaban J connectivity index is 1.48. The van der Waals surface area contributed by atoms with E-state index in [0.29, 0.717) is 5.92 Å². The summed E-state index contributed by atoms with van der Waals surface area (Å²) in [7, 11) is 0. The van der Waals surface area contributed by atoms with Gasteiger partial charge in [0.15, 0.2) is 0 Å². The number of carbonyl (C=O) groups excluding carboxylic acids is 1. The SMILES string of the molecule is CC1(C)C(NC(=O)NCC(O)c2ccsc2)C2CCOC21. The first kappa shape index (κ1) is 14.8. The maximum Gasteiger partial charge on any atom is 0.315 e. The predicted octanol–water partition coefficient (Wildman–Crippen LogP) is 1.89. The van der Waals surface area contributed by atoms with Gasteiger partial charge in [-0.2, -0.15) is 11.3 Å². The zero-order chi connectivity index (χ0) is 15.0. The van der Waals surface area contributed by atoms with Crippen LogP contribution in [0.1, 0.15) is 31.9 Å². The molecular weight excluding hydrogens is 288 g/mol. The van der Waals surface area contributed by atoms with E-state index in [4.69, 9.17) is 4.74 Å². The highest BCUT2D eigenvalue weighted by Crippen LogP contribution is 2.52. The van der Waals surface area contributed by atoms with Crippen LogP contribution >= 0.6 is 11.3 Å². The molecule has 1 aromatic heterocycles. The standard InChI is InChI=1S/C15H22N2O3S/c1-15(2)12(10-3-5-20-13(10)15)17-14(19)16-7-11(18)9-4-6-21-8-9/h4,6,8,10-13,18H,3,5,7H2,1-2H3,(H2,16,17,19). The Bertz CT molecular complexity index is 503. The summed E-state index contributed by atoms with van der Waals surface area (Å²) < 4.78 is 5.72. The molecule has 3 N–H and O–H groups in total. The summed E-state index contributed by atoms with van der Waals surface area (Å²) in [5.41, 5.74) is 0.818. The fourth-order valence-corrected chi connectivity index (χ4v) is 4.29. The van der Waals surface area contributed by atoms with Crippen LogP contribution < -0.4 is 10.6 Å². The number of aliphatic hydroxyl groups excluding tert-OH is 1. The summed E-state index contributed by atoms with van der Waals surface area (Å²) in [4.78, 5) is 12.0. The molecule has 0 aromatic carbocycles. The van der Waals surface area contributed by atoms with Gasteiger partial charge in [0.1, 0.15) is 0 Å². The monoisotopic (exact) mass is 310 g/mol. The summed E-state index contributed by atoms with van der Waals surface area (Å²) >= 11 is 1.53. The lowest BCUT2D eigenvalue weighted by Crippen LogP contribution is -2.67. The number of amides is 2. The Hall–Kier alpha value is -1.11. The summed E-state index contributed by atoms with van der Waals surface area (Å²) in [6, 6.07) is 1.79. The number of carbonyl (C=O) groups is 1. The molecule has 3 rings (SSSR count). The largest absolute Gasteiger partial charge is 0.387 e. The third-order valence-electron chi connectivity index (χ3n) is 4.77. The minimum Gasteiger partial charge on any atom is -0.387 e. The van der Waals surface area contributed by atoms with Crippen molar-refractivity contribution in [2.45, 2.75) is 38.5 Å². The van der Waals surface area contributed by atoms with Crippen LogP contribution in [0.2, 0.25) is 0 Å². The molecule has 1 aromatic rings. The van der Waals surface area contributed by atoms with Crippen LogP contribution in [0.3, 0.4) is 0 Å². The van der Waals surface area contributed by atoms with E-state index < -0.39 is 6.10 Å². The number of hydrogen-bond acceptors (Lipinski definition) is 4. The van der Waals surface area contributed by atoms with Crippen LogP contribution in [-0.4, -0.2) is 36.4 Å². The van der Waals surface area contributed by atoms with Crippen molar-refractivity contribution in [3.63, 3.8) is 0 Å². The second-order valence-corrected chi connectivity index (χ2v) is 7.25. The third kappa shape index (κ3) is 2.67. The van der Waals surface area contributed by atoms with Crippen molar-refractivity contribution in [1.82, 2.24) is 10.6 Å². The van der Waals surface area contributed by atoms with Crippen LogP contribution in [0.5, 0.6) is 0 Å². The molecule has 0 radical (unpaired) electrons. The summed E-state index contributed by atoms with van der Waals surface area (Å²) in [6.45, 7) is 5.27. The smallest absolute Gasteiger partial charge is 0.315 e. The first-order valence-electron chi connectivity index (χ1n) is 7.36. The fraction of sp³-hybridized carbons (Fsp3) is 0.667. The van der Waals surface area contributed by atoms with Gasteiger partial charge in [-0.3, -0.25) is 0 Å². The third-order valence-corrected chi connectivity index (χ3v) is 5.47. The van der Waals surface area contributed by atoms with Gasteiger partial charge in [0.25, 0.3) is 0 Å². The number of urea groups is 1. The predicted molar refractivity (Wildman–Crippen MR) is 81.2 cm³/mol. The van der Waals surface area contributed by atoms with Crippen molar-refractivity contribution in [2.24, 2.45) is 11.3 Å². The molecule has 5 nitrogen and oxygen atoms in total. The molecule has 1 saturated heterocycles. The molecule has 1 aliphatic carbocycles. The Morgan fingerprint density at radius 2 is 2.43 bits per heavy atom. The van der Waals surface area contributed by atoms with E-state index in [1.807, 2.05) is 16.8 Å². The van der Waals surface area contributed by atoms with Gasteiger partial charge in [-0.05, 0) is 28.8 Å². The molecule has 0 bridgehead atoms. The first-order chi connectivity index (χ1) is 10.00. The number of nitrogens with one attached hydrogen (secondary N) is 2.